The number of para-hydroxylation sites is 1. The molecule has 3 aromatic carbocycles. The zero-order valence-corrected chi connectivity index (χ0v) is 11.9. The molecule has 0 saturated heterocycles. The number of nitrogens with one attached hydrogen (secondary N) is 2. The molecule has 2 N–H and O–H groups in total. The first-order valence-corrected chi connectivity index (χ1v) is 6.95. The summed E-state index contributed by atoms with van der Waals surface area (Å²) in [4.78, 5) is 11.7. The average molecular weight is 289 g/mol. The molecule has 0 spiro atoms. The fourth-order valence-corrected chi connectivity index (χ4v) is 2.13. The maximum absolute atomic E-state index is 11.7. The number of hydrogen-bond acceptors (Lipinski definition) is 2. The molecular formula is C18H15N3O. The van der Waals surface area contributed by atoms with E-state index in [9.17, 15) is 4.79 Å². The van der Waals surface area contributed by atoms with Gasteiger partial charge in [0.25, 0.3) is 0 Å². The normalized spacial score (nSPS) is 10.7. The van der Waals surface area contributed by atoms with Crippen molar-refractivity contribution in [2.45, 2.75) is 0 Å². The summed E-state index contributed by atoms with van der Waals surface area (Å²) >= 11 is 0. The summed E-state index contributed by atoms with van der Waals surface area (Å²) in [5, 5.41) is 8.97. The molecule has 0 saturated carbocycles. The van der Waals surface area contributed by atoms with E-state index >= 15 is 0 Å². The molecule has 0 fully saturated rings. The monoisotopic (exact) mass is 289 g/mol. The summed E-state index contributed by atoms with van der Waals surface area (Å²) < 4.78 is 0. The molecule has 0 aliphatic carbocycles. The molecule has 0 aliphatic heterocycles. The van der Waals surface area contributed by atoms with Crippen LogP contribution in [0.15, 0.2) is 77.9 Å². The maximum atomic E-state index is 11.7. The second kappa shape index (κ2) is 6.54. The van der Waals surface area contributed by atoms with Crippen LogP contribution in [0.5, 0.6) is 0 Å². The van der Waals surface area contributed by atoms with E-state index in [1.165, 1.54) is 5.39 Å². The summed E-state index contributed by atoms with van der Waals surface area (Å²) in [6.45, 7) is 0. The van der Waals surface area contributed by atoms with Crippen molar-refractivity contribution in [3.8, 4) is 0 Å². The highest BCUT2D eigenvalue weighted by Crippen LogP contribution is 2.14. The molecule has 2 amide bonds. The van der Waals surface area contributed by atoms with Crippen molar-refractivity contribution in [1.29, 1.82) is 0 Å². The fraction of sp³-hybridized carbons (Fsp3) is 0. The van der Waals surface area contributed by atoms with Gasteiger partial charge in [-0.3, -0.25) is 0 Å². The molecule has 0 aliphatic rings. The number of benzene rings is 3. The predicted molar refractivity (Wildman–Crippen MR) is 90.1 cm³/mol. The van der Waals surface area contributed by atoms with Crippen LogP contribution in [0.1, 0.15) is 5.56 Å². The first kappa shape index (κ1) is 13.8. The van der Waals surface area contributed by atoms with Gasteiger partial charge in [0.2, 0.25) is 0 Å². The molecule has 108 valence electrons. The van der Waals surface area contributed by atoms with Gasteiger partial charge in [-0.15, -0.1) is 0 Å². The molecule has 0 heterocycles. The molecule has 0 bridgehead atoms. The summed E-state index contributed by atoms with van der Waals surface area (Å²) in [5.41, 5.74) is 4.10. The van der Waals surface area contributed by atoms with Gasteiger partial charge in [-0.1, -0.05) is 54.6 Å². The van der Waals surface area contributed by atoms with Crippen LogP contribution < -0.4 is 10.7 Å². The van der Waals surface area contributed by atoms with E-state index in [4.69, 9.17) is 0 Å². The highest BCUT2D eigenvalue weighted by molar-refractivity contribution is 5.92. The third-order valence-electron chi connectivity index (χ3n) is 3.18. The van der Waals surface area contributed by atoms with Gasteiger partial charge in [-0.25, -0.2) is 10.2 Å². The lowest BCUT2D eigenvalue weighted by atomic mass is 10.1. The van der Waals surface area contributed by atoms with E-state index in [0.717, 1.165) is 16.6 Å². The number of hydrogen-bond donors (Lipinski definition) is 2. The van der Waals surface area contributed by atoms with Crippen molar-refractivity contribution in [1.82, 2.24) is 5.43 Å². The van der Waals surface area contributed by atoms with E-state index in [1.807, 2.05) is 66.7 Å². The van der Waals surface area contributed by atoms with Crippen molar-refractivity contribution in [2.24, 2.45) is 5.10 Å². The molecule has 4 nitrogen and oxygen atoms in total. The smallest absolute Gasteiger partial charge is 0.307 e. The Bertz CT molecular complexity index is 813. The highest BCUT2D eigenvalue weighted by atomic mass is 16.2. The molecule has 3 rings (SSSR count). The molecule has 4 heteroatoms. The minimum Gasteiger partial charge on any atom is -0.307 e. The number of nitrogens with zero attached hydrogens (tertiary/aromatic N) is 1. The van der Waals surface area contributed by atoms with E-state index < -0.39 is 0 Å². The third-order valence-corrected chi connectivity index (χ3v) is 3.18. The molecule has 0 atom stereocenters. The van der Waals surface area contributed by atoms with Crippen LogP contribution >= 0.6 is 0 Å². The Morgan fingerprint density at radius 3 is 2.41 bits per heavy atom. The SMILES string of the molecule is O=C(NN=Cc1ccc2ccccc2c1)Nc1ccccc1. The van der Waals surface area contributed by atoms with Crippen LogP contribution in [0, 0.1) is 0 Å². The van der Waals surface area contributed by atoms with Crippen LogP contribution in [-0.2, 0) is 0 Å². The Labute approximate surface area is 128 Å². The largest absolute Gasteiger partial charge is 0.339 e. The van der Waals surface area contributed by atoms with Crippen LogP contribution in [0.3, 0.4) is 0 Å². The van der Waals surface area contributed by atoms with Gasteiger partial charge < -0.3 is 5.32 Å². The van der Waals surface area contributed by atoms with Crippen LogP contribution in [0.2, 0.25) is 0 Å². The Balaban J connectivity index is 1.62. The Morgan fingerprint density at radius 1 is 0.864 bits per heavy atom. The first-order chi connectivity index (χ1) is 10.8. The van der Waals surface area contributed by atoms with Gasteiger partial charge in [-0.05, 0) is 34.5 Å². The first-order valence-electron chi connectivity index (χ1n) is 6.95. The van der Waals surface area contributed by atoms with Crippen molar-refractivity contribution in [3.63, 3.8) is 0 Å². The van der Waals surface area contributed by atoms with E-state index in [1.54, 1.807) is 6.21 Å². The minimum atomic E-state index is -0.372. The second-order valence-corrected chi connectivity index (χ2v) is 4.80. The number of anilines is 1. The average Bonchev–Trinajstić information content (AvgIpc) is 2.55. The quantitative estimate of drug-likeness (QED) is 0.556. The molecule has 0 unspecified atom stereocenters. The number of fused-ring (bicyclic) bond motifs is 1. The summed E-state index contributed by atoms with van der Waals surface area (Å²) in [6.07, 6.45) is 1.62. The van der Waals surface area contributed by atoms with Crippen molar-refractivity contribution >= 4 is 28.7 Å². The van der Waals surface area contributed by atoms with E-state index in [0.29, 0.717) is 0 Å². The lowest BCUT2D eigenvalue weighted by Crippen LogP contribution is -2.24. The molecular weight excluding hydrogens is 274 g/mol. The van der Waals surface area contributed by atoms with Crippen LogP contribution in [-0.4, -0.2) is 12.2 Å². The molecule has 0 radical (unpaired) electrons. The van der Waals surface area contributed by atoms with Crippen molar-refractivity contribution in [3.05, 3.63) is 78.4 Å². The Morgan fingerprint density at radius 2 is 1.59 bits per heavy atom. The molecule has 0 aromatic heterocycles. The molecule has 22 heavy (non-hydrogen) atoms. The fourth-order valence-electron chi connectivity index (χ4n) is 2.13. The van der Waals surface area contributed by atoms with Gasteiger partial charge in [0.15, 0.2) is 0 Å². The Hall–Kier alpha value is -3.14. The van der Waals surface area contributed by atoms with Gasteiger partial charge in [-0.2, -0.15) is 5.10 Å². The molecule has 3 aromatic rings. The van der Waals surface area contributed by atoms with Crippen LogP contribution in [0.25, 0.3) is 10.8 Å². The number of carbonyl (C=O) groups is 1. The lowest BCUT2D eigenvalue weighted by molar-refractivity contribution is 0.252. The van der Waals surface area contributed by atoms with Crippen LogP contribution in [0.4, 0.5) is 10.5 Å². The number of urea groups is 1. The van der Waals surface area contributed by atoms with E-state index in [2.05, 4.69) is 21.9 Å². The third kappa shape index (κ3) is 3.49. The number of amides is 2. The zero-order chi connectivity index (χ0) is 15.2. The van der Waals surface area contributed by atoms with Gasteiger partial charge in [0.1, 0.15) is 0 Å². The summed E-state index contributed by atoms with van der Waals surface area (Å²) in [5.74, 6) is 0. The summed E-state index contributed by atoms with van der Waals surface area (Å²) in [6, 6.07) is 23.0. The topological polar surface area (TPSA) is 53.5 Å². The van der Waals surface area contributed by atoms with Crippen molar-refractivity contribution < 1.29 is 4.79 Å². The van der Waals surface area contributed by atoms with Gasteiger partial charge in [0.05, 0.1) is 6.21 Å². The Kier molecular flexibility index (Phi) is 4.11. The zero-order valence-electron chi connectivity index (χ0n) is 11.9. The standard InChI is InChI=1S/C18H15N3O/c22-18(20-17-8-2-1-3-9-17)21-19-13-14-10-11-15-6-4-5-7-16(15)12-14/h1-13H,(H2,20,21,22). The lowest BCUT2D eigenvalue weighted by Gasteiger charge is -2.03. The summed E-state index contributed by atoms with van der Waals surface area (Å²) in [7, 11) is 0. The number of rotatable bonds is 3. The maximum Gasteiger partial charge on any atom is 0.339 e. The van der Waals surface area contributed by atoms with Crippen molar-refractivity contribution in [2.75, 3.05) is 5.32 Å². The number of carbonyl (C=O) groups excluding carboxylic acids is 1. The van der Waals surface area contributed by atoms with E-state index in [-0.39, 0.29) is 6.03 Å². The van der Waals surface area contributed by atoms with Gasteiger partial charge >= 0.3 is 6.03 Å². The minimum absolute atomic E-state index is 0.372. The number of hydrazone groups is 1. The highest BCUT2D eigenvalue weighted by Gasteiger charge is 1.98. The predicted octanol–water partition coefficient (Wildman–Crippen LogP) is 4.00. The second-order valence-electron chi connectivity index (χ2n) is 4.80. The van der Waals surface area contributed by atoms with Gasteiger partial charge in [0, 0.05) is 5.69 Å².